The zero-order valence-corrected chi connectivity index (χ0v) is 25.3. The van der Waals surface area contributed by atoms with Crippen molar-refractivity contribution in [2.24, 2.45) is 5.73 Å². The van der Waals surface area contributed by atoms with Crippen LogP contribution in [0.4, 0.5) is 0 Å². The molecule has 13 atom stereocenters. The van der Waals surface area contributed by atoms with Crippen molar-refractivity contribution in [1.82, 2.24) is 0 Å². The molecule has 1 saturated carbocycles. The molecule has 14 heteroatoms. The third-order valence-corrected chi connectivity index (χ3v) is 7.79. The molecule has 3 fully saturated rings. The number of carboxylic acid groups (broad SMARTS) is 1. The van der Waals surface area contributed by atoms with Gasteiger partial charge >= 0.3 is 29.6 Å². The van der Waals surface area contributed by atoms with E-state index in [1.54, 1.807) is 37.3 Å². The number of benzene rings is 1. The molecule has 0 aromatic heterocycles. The molecule has 41 heavy (non-hydrogen) atoms. The van der Waals surface area contributed by atoms with E-state index in [4.69, 9.17) is 29.4 Å². The summed E-state index contributed by atoms with van der Waals surface area (Å²) in [5.41, 5.74) is 6.46. The maximum atomic E-state index is 11.9. The number of nitrogens with two attached hydrogens (primary N) is 1. The van der Waals surface area contributed by atoms with Gasteiger partial charge in [0, 0.05) is 13.0 Å². The molecule has 226 valence electrons. The van der Waals surface area contributed by atoms with Crippen LogP contribution < -0.4 is 40.4 Å². The van der Waals surface area contributed by atoms with Crippen molar-refractivity contribution in [2.45, 2.75) is 119 Å². The SMILES string of the molecule is CC1OC(OC2CCCCC2OC2OC(CN)C(O)C(O[C@@H](Cc3ccccc3)C(=O)[O-])C2O)C(O)C(O)C1O.[Na+]. The first-order valence-electron chi connectivity index (χ1n) is 13.7. The van der Waals surface area contributed by atoms with E-state index in [0.717, 1.165) is 12.8 Å². The van der Waals surface area contributed by atoms with E-state index in [1.165, 1.54) is 0 Å². The van der Waals surface area contributed by atoms with Crippen molar-refractivity contribution in [1.29, 1.82) is 0 Å². The van der Waals surface area contributed by atoms with Crippen molar-refractivity contribution in [3.63, 3.8) is 0 Å². The second kappa shape index (κ2) is 15.8. The second-order valence-corrected chi connectivity index (χ2v) is 10.7. The summed E-state index contributed by atoms with van der Waals surface area (Å²) in [6, 6.07) is 8.73. The number of ether oxygens (including phenoxy) is 5. The van der Waals surface area contributed by atoms with Gasteiger partial charge in [0.25, 0.3) is 0 Å². The maximum Gasteiger partial charge on any atom is 1.00 e. The van der Waals surface area contributed by atoms with Crippen LogP contribution in [0.25, 0.3) is 0 Å². The van der Waals surface area contributed by atoms with E-state index in [-0.39, 0.29) is 42.5 Å². The second-order valence-electron chi connectivity index (χ2n) is 10.7. The zero-order chi connectivity index (χ0) is 29.0. The van der Waals surface area contributed by atoms with Crippen LogP contribution in [0.1, 0.15) is 38.2 Å². The van der Waals surface area contributed by atoms with E-state index in [2.05, 4.69) is 0 Å². The van der Waals surface area contributed by atoms with Crippen molar-refractivity contribution >= 4 is 5.97 Å². The summed E-state index contributed by atoms with van der Waals surface area (Å²) >= 11 is 0. The smallest absolute Gasteiger partial charge is 0.547 e. The van der Waals surface area contributed by atoms with Gasteiger partial charge in [0.1, 0.15) is 48.8 Å². The molecule has 1 aromatic carbocycles. The van der Waals surface area contributed by atoms with E-state index in [9.17, 15) is 35.4 Å². The van der Waals surface area contributed by atoms with Crippen molar-refractivity contribution in [3.8, 4) is 0 Å². The van der Waals surface area contributed by atoms with Crippen molar-refractivity contribution in [3.05, 3.63) is 35.9 Å². The normalized spacial score (nSPS) is 40.4. The minimum Gasteiger partial charge on any atom is -0.547 e. The number of carbonyl (C=O) groups is 1. The fourth-order valence-corrected chi connectivity index (χ4v) is 5.42. The first-order valence-corrected chi connectivity index (χ1v) is 13.7. The third kappa shape index (κ3) is 8.46. The summed E-state index contributed by atoms with van der Waals surface area (Å²) in [6.07, 6.45) is -13.3. The Balaban J connectivity index is 0.00000462. The molecule has 1 aromatic rings. The molecule has 0 amide bonds. The van der Waals surface area contributed by atoms with Gasteiger partial charge in [-0.15, -0.1) is 0 Å². The van der Waals surface area contributed by atoms with Gasteiger partial charge in [-0.2, -0.15) is 0 Å². The summed E-state index contributed by atoms with van der Waals surface area (Å²) in [5, 5.41) is 64.4. The number of hydrogen-bond acceptors (Lipinski definition) is 13. The molecular formula is C27H40NNaO12. The van der Waals surface area contributed by atoms with Crippen LogP contribution >= 0.6 is 0 Å². The Hall–Kier alpha value is -0.750. The van der Waals surface area contributed by atoms with Gasteiger partial charge in [-0.25, -0.2) is 0 Å². The van der Waals surface area contributed by atoms with Crippen LogP contribution in [-0.2, 0) is 34.9 Å². The molecule has 0 radical (unpaired) electrons. The standard InChI is InChI=1S/C27H41NO12.Na/c1-13-19(29)21(31)22(32)26(36-13)38-15-9-5-6-10-16(15)39-27-23(33)24(20(30)18(12-28)40-27)37-17(25(34)35)11-14-7-3-2-4-8-14;/h2-4,7-8,13,15-24,26-27,29-33H,5-6,9-12,28H2,1H3,(H,34,35);/q;+1/p-1/t13?,15?,16?,17-,18?,19?,20?,21?,22?,23?,24?,26?,27?;/m0./s1. The monoisotopic (exact) mass is 593 g/mol. The van der Waals surface area contributed by atoms with Crippen LogP contribution in [0.15, 0.2) is 30.3 Å². The molecule has 12 unspecified atom stereocenters. The number of aliphatic hydroxyl groups excluding tert-OH is 5. The molecule has 2 heterocycles. The van der Waals surface area contributed by atoms with E-state index in [0.29, 0.717) is 18.4 Å². The third-order valence-electron chi connectivity index (χ3n) is 7.79. The van der Waals surface area contributed by atoms with Crippen LogP contribution in [0.3, 0.4) is 0 Å². The average molecular weight is 594 g/mol. The summed E-state index contributed by atoms with van der Waals surface area (Å²) in [6.45, 7) is 1.39. The summed E-state index contributed by atoms with van der Waals surface area (Å²) in [4.78, 5) is 11.9. The molecule has 0 bridgehead atoms. The van der Waals surface area contributed by atoms with Gasteiger partial charge < -0.3 is 64.9 Å². The fraction of sp³-hybridized carbons (Fsp3) is 0.741. The van der Waals surface area contributed by atoms with Crippen LogP contribution in [-0.4, -0.2) is 118 Å². The van der Waals surface area contributed by atoms with Crippen molar-refractivity contribution < 1.29 is 88.7 Å². The summed E-state index contributed by atoms with van der Waals surface area (Å²) in [7, 11) is 0. The molecule has 0 spiro atoms. The Morgan fingerprint density at radius 3 is 2.07 bits per heavy atom. The summed E-state index contributed by atoms with van der Waals surface area (Å²) in [5.74, 6) is -1.51. The number of rotatable bonds is 10. The van der Waals surface area contributed by atoms with Gasteiger partial charge in [-0.05, 0) is 25.3 Å². The van der Waals surface area contributed by atoms with Crippen LogP contribution in [0.5, 0.6) is 0 Å². The Labute approximate surface area is 260 Å². The summed E-state index contributed by atoms with van der Waals surface area (Å²) < 4.78 is 29.2. The van der Waals surface area contributed by atoms with E-state index in [1.807, 2.05) is 0 Å². The first-order chi connectivity index (χ1) is 19.1. The van der Waals surface area contributed by atoms with Crippen LogP contribution in [0, 0.1) is 0 Å². The van der Waals surface area contributed by atoms with E-state index < -0.39 is 85.7 Å². The van der Waals surface area contributed by atoms with Crippen molar-refractivity contribution in [2.75, 3.05) is 6.54 Å². The number of carboxylic acids is 1. The fourth-order valence-electron chi connectivity index (χ4n) is 5.42. The Bertz CT molecular complexity index is 946. The quantitative estimate of drug-likeness (QED) is 0.140. The molecule has 7 N–H and O–H groups in total. The van der Waals surface area contributed by atoms with E-state index >= 15 is 0 Å². The predicted octanol–water partition coefficient (Wildman–Crippen LogP) is -5.69. The largest absolute Gasteiger partial charge is 1.00 e. The Kier molecular flexibility index (Phi) is 13.4. The topological polar surface area (TPSA) is 213 Å². The number of hydrogen-bond donors (Lipinski definition) is 6. The van der Waals surface area contributed by atoms with Gasteiger partial charge in [-0.1, -0.05) is 43.2 Å². The number of aliphatic hydroxyl groups is 5. The van der Waals surface area contributed by atoms with Crippen LogP contribution in [0.2, 0.25) is 0 Å². The minimum absolute atomic E-state index is 0. The maximum absolute atomic E-state index is 11.9. The molecule has 13 nitrogen and oxygen atoms in total. The Morgan fingerprint density at radius 1 is 0.927 bits per heavy atom. The van der Waals surface area contributed by atoms with Gasteiger partial charge in [-0.3, -0.25) is 0 Å². The number of aliphatic carboxylic acids is 1. The molecule has 2 aliphatic heterocycles. The zero-order valence-electron chi connectivity index (χ0n) is 23.3. The molecule has 2 saturated heterocycles. The first kappa shape index (κ1) is 34.7. The van der Waals surface area contributed by atoms with Gasteiger partial charge in [0.05, 0.1) is 24.3 Å². The minimum atomic E-state index is -1.59. The molecule has 4 rings (SSSR count). The van der Waals surface area contributed by atoms with Gasteiger partial charge in [0.15, 0.2) is 12.6 Å². The molecule has 1 aliphatic carbocycles. The predicted molar refractivity (Wildman–Crippen MR) is 134 cm³/mol. The molecular weight excluding hydrogens is 553 g/mol. The Morgan fingerprint density at radius 2 is 1.51 bits per heavy atom. The van der Waals surface area contributed by atoms with Gasteiger partial charge in [0.2, 0.25) is 0 Å². The molecule has 3 aliphatic rings. The number of carbonyl (C=O) groups excluding carboxylic acids is 1. The average Bonchev–Trinajstić information content (AvgIpc) is 2.95.